The minimum atomic E-state index is -0.267. The molecule has 21 heavy (non-hydrogen) atoms. The highest BCUT2D eigenvalue weighted by Gasteiger charge is 2.39. The predicted octanol–water partition coefficient (Wildman–Crippen LogP) is 3.80. The summed E-state index contributed by atoms with van der Waals surface area (Å²) >= 11 is 0. The number of hydrogen-bond donors (Lipinski definition) is 1. The van der Waals surface area contributed by atoms with Gasteiger partial charge in [-0.05, 0) is 24.6 Å². The summed E-state index contributed by atoms with van der Waals surface area (Å²) < 4.78 is 0. The molecule has 0 bridgehead atoms. The summed E-state index contributed by atoms with van der Waals surface area (Å²) in [6, 6.07) is 21.6. The van der Waals surface area contributed by atoms with Crippen LogP contribution in [-0.4, -0.2) is 23.2 Å². The molecule has 0 spiro atoms. The Kier molecular flexibility index (Phi) is 4.09. The SMILES string of the molecule is CC1C(O)CC(c2ccccc2)N(C)C1c1ccccc1. The molecule has 2 nitrogen and oxygen atoms in total. The summed E-state index contributed by atoms with van der Waals surface area (Å²) in [6.07, 6.45) is 0.530. The van der Waals surface area contributed by atoms with E-state index in [-0.39, 0.29) is 24.1 Å². The summed E-state index contributed by atoms with van der Waals surface area (Å²) in [7, 11) is 2.18. The zero-order chi connectivity index (χ0) is 14.8. The summed E-state index contributed by atoms with van der Waals surface area (Å²) in [5, 5.41) is 10.5. The van der Waals surface area contributed by atoms with Crippen molar-refractivity contribution in [3.05, 3.63) is 71.8 Å². The van der Waals surface area contributed by atoms with E-state index in [1.54, 1.807) is 0 Å². The number of rotatable bonds is 2. The monoisotopic (exact) mass is 281 g/mol. The van der Waals surface area contributed by atoms with E-state index in [1.807, 2.05) is 12.1 Å². The third-order valence-electron chi connectivity index (χ3n) is 4.83. The zero-order valence-corrected chi connectivity index (χ0v) is 12.7. The summed E-state index contributed by atoms with van der Waals surface area (Å²) in [4.78, 5) is 2.42. The van der Waals surface area contributed by atoms with E-state index in [9.17, 15) is 5.11 Å². The zero-order valence-electron chi connectivity index (χ0n) is 12.7. The molecule has 1 saturated heterocycles. The molecule has 1 fully saturated rings. The van der Waals surface area contributed by atoms with Crippen LogP contribution in [0.15, 0.2) is 60.7 Å². The molecule has 2 aromatic carbocycles. The van der Waals surface area contributed by atoms with Gasteiger partial charge in [0.15, 0.2) is 0 Å². The van der Waals surface area contributed by atoms with E-state index in [2.05, 4.69) is 67.4 Å². The summed E-state index contributed by atoms with van der Waals surface area (Å²) in [5.41, 5.74) is 2.57. The molecule has 0 aromatic heterocycles. The molecule has 4 atom stereocenters. The van der Waals surface area contributed by atoms with Crippen molar-refractivity contribution >= 4 is 0 Å². The smallest absolute Gasteiger partial charge is 0.0602 e. The standard InChI is InChI=1S/C19H23NO/c1-14-18(21)13-17(15-9-5-3-6-10-15)20(2)19(14)16-11-7-4-8-12-16/h3-12,14,17-19,21H,13H2,1-2H3. The van der Waals surface area contributed by atoms with Crippen molar-refractivity contribution < 1.29 is 5.11 Å². The second-order valence-electron chi connectivity index (χ2n) is 6.11. The van der Waals surface area contributed by atoms with Crippen molar-refractivity contribution in [3.8, 4) is 0 Å². The van der Waals surface area contributed by atoms with Crippen LogP contribution in [-0.2, 0) is 0 Å². The van der Waals surface area contributed by atoms with E-state index in [1.165, 1.54) is 11.1 Å². The maximum atomic E-state index is 10.5. The molecule has 1 heterocycles. The average Bonchev–Trinajstić information content (AvgIpc) is 2.53. The van der Waals surface area contributed by atoms with Crippen LogP contribution in [0.1, 0.15) is 36.6 Å². The molecule has 0 amide bonds. The quantitative estimate of drug-likeness (QED) is 0.905. The van der Waals surface area contributed by atoms with Gasteiger partial charge in [-0.15, -0.1) is 0 Å². The molecule has 4 unspecified atom stereocenters. The van der Waals surface area contributed by atoms with Crippen molar-refractivity contribution in [1.29, 1.82) is 0 Å². The number of nitrogens with zero attached hydrogens (tertiary/aromatic N) is 1. The third kappa shape index (κ3) is 2.74. The number of hydrogen-bond acceptors (Lipinski definition) is 2. The number of aliphatic hydroxyl groups is 1. The first-order chi connectivity index (χ1) is 10.2. The van der Waals surface area contributed by atoms with E-state index < -0.39 is 0 Å². The molecule has 0 saturated carbocycles. The fraction of sp³-hybridized carbons (Fsp3) is 0.368. The maximum absolute atomic E-state index is 10.5. The molecule has 3 rings (SSSR count). The Morgan fingerprint density at radius 3 is 2.00 bits per heavy atom. The molecule has 110 valence electrons. The van der Waals surface area contributed by atoms with Gasteiger partial charge in [0.1, 0.15) is 0 Å². The Balaban J connectivity index is 1.96. The number of aliphatic hydroxyl groups excluding tert-OH is 1. The van der Waals surface area contributed by atoms with Gasteiger partial charge >= 0.3 is 0 Å². The summed E-state index contributed by atoms with van der Waals surface area (Å²) in [6.45, 7) is 2.15. The van der Waals surface area contributed by atoms with Gasteiger partial charge in [0.2, 0.25) is 0 Å². The van der Waals surface area contributed by atoms with Gasteiger partial charge in [-0.1, -0.05) is 67.6 Å². The van der Waals surface area contributed by atoms with Gasteiger partial charge in [0.05, 0.1) is 6.10 Å². The van der Waals surface area contributed by atoms with E-state index in [4.69, 9.17) is 0 Å². The van der Waals surface area contributed by atoms with Crippen LogP contribution in [0.25, 0.3) is 0 Å². The van der Waals surface area contributed by atoms with Gasteiger partial charge in [-0.2, -0.15) is 0 Å². The largest absolute Gasteiger partial charge is 0.393 e. The van der Waals surface area contributed by atoms with Gasteiger partial charge in [-0.3, -0.25) is 4.90 Å². The first-order valence-corrected chi connectivity index (χ1v) is 7.68. The highest BCUT2D eigenvalue weighted by Crippen LogP contribution is 2.43. The Bertz CT molecular complexity index is 569. The minimum Gasteiger partial charge on any atom is -0.393 e. The van der Waals surface area contributed by atoms with Crippen LogP contribution in [0.4, 0.5) is 0 Å². The first-order valence-electron chi connectivity index (χ1n) is 7.68. The van der Waals surface area contributed by atoms with Crippen LogP contribution in [0, 0.1) is 5.92 Å². The number of piperidine rings is 1. The molecular formula is C19H23NO. The Morgan fingerprint density at radius 1 is 0.905 bits per heavy atom. The van der Waals surface area contributed by atoms with Crippen LogP contribution in [0.2, 0.25) is 0 Å². The van der Waals surface area contributed by atoms with Crippen molar-refractivity contribution in [3.63, 3.8) is 0 Å². The number of likely N-dealkylation sites (tertiary alicyclic amines) is 1. The molecule has 1 aliphatic rings. The highest BCUT2D eigenvalue weighted by atomic mass is 16.3. The second-order valence-corrected chi connectivity index (χ2v) is 6.11. The first kappa shape index (κ1) is 14.3. The highest BCUT2D eigenvalue weighted by molar-refractivity contribution is 5.25. The molecule has 1 aliphatic heterocycles. The van der Waals surface area contributed by atoms with Crippen LogP contribution in [0.3, 0.4) is 0 Å². The molecule has 2 aromatic rings. The van der Waals surface area contributed by atoms with Crippen LogP contribution in [0.5, 0.6) is 0 Å². The molecular weight excluding hydrogens is 258 g/mol. The van der Waals surface area contributed by atoms with E-state index in [0.29, 0.717) is 0 Å². The lowest BCUT2D eigenvalue weighted by atomic mass is 9.79. The van der Waals surface area contributed by atoms with Crippen LogP contribution >= 0.6 is 0 Å². The third-order valence-corrected chi connectivity index (χ3v) is 4.83. The van der Waals surface area contributed by atoms with E-state index in [0.717, 1.165) is 6.42 Å². The average molecular weight is 281 g/mol. The molecule has 1 N–H and O–H groups in total. The lowest BCUT2D eigenvalue weighted by Gasteiger charge is -2.46. The maximum Gasteiger partial charge on any atom is 0.0602 e. The second kappa shape index (κ2) is 6.00. The van der Waals surface area contributed by atoms with Crippen molar-refractivity contribution in [2.24, 2.45) is 5.92 Å². The minimum absolute atomic E-state index is 0.234. The van der Waals surface area contributed by atoms with Gasteiger partial charge in [0, 0.05) is 18.0 Å². The molecule has 0 radical (unpaired) electrons. The van der Waals surface area contributed by atoms with Gasteiger partial charge in [0.25, 0.3) is 0 Å². The van der Waals surface area contributed by atoms with Crippen molar-refractivity contribution in [2.75, 3.05) is 7.05 Å². The molecule has 0 aliphatic carbocycles. The van der Waals surface area contributed by atoms with Crippen LogP contribution < -0.4 is 0 Å². The molecule has 2 heteroatoms. The lowest BCUT2D eigenvalue weighted by Crippen LogP contribution is -2.44. The summed E-state index contributed by atoms with van der Waals surface area (Å²) in [5.74, 6) is 0.234. The van der Waals surface area contributed by atoms with Crippen molar-refractivity contribution in [1.82, 2.24) is 4.90 Å². The van der Waals surface area contributed by atoms with Gasteiger partial charge < -0.3 is 5.11 Å². The van der Waals surface area contributed by atoms with Crippen molar-refractivity contribution in [2.45, 2.75) is 31.5 Å². The Labute approximate surface area is 127 Å². The fourth-order valence-electron chi connectivity index (χ4n) is 3.62. The Hall–Kier alpha value is -1.64. The van der Waals surface area contributed by atoms with Gasteiger partial charge in [-0.25, -0.2) is 0 Å². The lowest BCUT2D eigenvalue weighted by molar-refractivity contribution is -0.0328. The fourth-order valence-corrected chi connectivity index (χ4v) is 3.62. The Morgan fingerprint density at radius 2 is 1.43 bits per heavy atom. The topological polar surface area (TPSA) is 23.5 Å². The normalized spacial score (nSPS) is 30.2. The predicted molar refractivity (Wildman–Crippen MR) is 85.9 cm³/mol. The number of benzene rings is 2. The van der Waals surface area contributed by atoms with E-state index >= 15 is 0 Å².